The number of hydrogen-bond donors (Lipinski definition) is 2. The number of halogens is 1. The van der Waals surface area contributed by atoms with Gasteiger partial charge in [-0.2, -0.15) is 0 Å². The minimum Gasteiger partial charge on any atom is -0.486 e. The van der Waals surface area contributed by atoms with E-state index < -0.39 is 17.8 Å². The lowest BCUT2D eigenvalue weighted by molar-refractivity contribution is -0.119. The van der Waals surface area contributed by atoms with Crippen molar-refractivity contribution < 1.29 is 28.2 Å². The van der Waals surface area contributed by atoms with Gasteiger partial charge in [-0.1, -0.05) is 42.5 Å². The molecule has 0 fully saturated rings. The smallest absolute Gasteiger partial charge is 0.341 e. The Morgan fingerprint density at radius 2 is 1.62 bits per heavy atom. The summed E-state index contributed by atoms with van der Waals surface area (Å²) in [5, 5.41) is 0.401. The van der Waals surface area contributed by atoms with Crippen LogP contribution in [-0.2, 0) is 22.6 Å². The van der Waals surface area contributed by atoms with Crippen LogP contribution in [0.4, 0.5) is 4.39 Å². The molecule has 4 aromatic rings. The Balaban J connectivity index is 1.84. The van der Waals surface area contributed by atoms with Crippen molar-refractivity contribution in [1.82, 2.24) is 15.8 Å². The predicted octanol–water partition coefficient (Wildman–Crippen LogP) is 4.11. The summed E-state index contributed by atoms with van der Waals surface area (Å²) in [5.41, 5.74) is 7.41. The average Bonchev–Trinajstić information content (AvgIpc) is 2.91. The molecule has 0 aliphatic rings. The van der Waals surface area contributed by atoms with Gasteiger partial charge in [0, 0.05) is 18.5 Å². The SMILES string of the molecule is COC(=O)c1cc(C(=O)NNC(C)=O)c2cc(Cc3ccc(F)cc3)cnc2c1OCc1ccccc1. The summed E-state index contributed by atoms with van der Waals surface area (Å²) in [4.78, 5) is 41.6. The number of esters is 1. The fourth-order valence-corrected chi connectivity index (χ4v) is 3.78. The van der Waals surface area contributed by atoms with Crippen molar-refractivity contribution >= 4 is 28.7 Å². The van der Waals surface area contributed by atoms with E-state index >= 15 is 0 Å². The van der Waals surface area contributed by atoms with E-state index in [2.05, 4.69) is 15.8 Å². The highest BCUT2D eigenvalue weighted by Gasteiger charge is 2.24. The van der Waals surface area contributed by atoms with Crippen molar-refractivity contribution in [3.63, 3.8) is 0 Å². The van der Waals surface area contributed by atoms with Crippen LogP contribution in [0.5, 0.6) is 5.75 Å². The third kappa shape index (κ3) is 6.07. The molecule has 9 heteroatoms. The van der Waals surface area contributed by atoms with Crippen LogP contribution >= 0.6 is 0 Å². The molecule has 0 aliphatic heterocycles. The van der Waals surface area contributed by atoms with Gasteiger partial charge >= 0.3 is 5.97 Å². The first-order valence-corrected chi connectivity index (χ1v) is 11.4. The van der Waals surface area contributed by atoms with Gasteiger partial charge in [-0.05, 0) is 47.4 Å². The number of amides is 2. The number of carbonyl (C=O) groups is 3. The maximum atomic E-state index is 13.3. The van der Waals surface area contributed by atoms with Crippen molar-refractivity contribution in [3.05, 3.63) is 107 Å². The molecule has 0 radical (unpaired) electrons. The molecule has 0 bridgehead atoms. The van der Waals surface area contributed by atoms with E-state index in [0.29, 0.717) is 11.8 Å². The highest BCUT2D eigenvalue weighted by atomic mass is 19.1. The molecule has 3 aromatic carbocycles. The van der Waals surface area contributed by atoms with Crippen LogP contribution in [-0.4, -0.2) is 29.9 Å². The second kappa shape index (κ2) is 11.3. The van der Waals surface area contributed by atoms with Crippen LogP contribution in [0.15, 0.2) is 72.9 Å². The van der Waals surface area contributed by atoms with Gasteiger partial charge in [0.15, 0.2) is 5.75 Å². The topological polar surface area (TPSA) is 107 Å². The van der Waals surface area contributed by atoms with Crippen LogP contribution in [0.25, 0.3) is 10.9 Å². The Bertz CT molecular complexity index is 1460. The minimum absolute atomic E-state index is 0.0118. The first-order valence-electron chi connectivity index (χ1n) is 11.4. The van der Waals surface area contributed by atoms with Gasteiger partial charge in [0.2, 0.25) is 5.91 Å². The van der Waals surface area contributed by atoms with E-state index in [4.69, 9.17) is 9.47 Å². The van der Waals surface area contributed by atoms with Crippen LogP contribution in [0.2, 0.25) is 0 Å². The zero-order valence-corrected chi connectivity index (χ0v) is 20.2. The summed E-state index contributed by atoms with van der Waals surface area (Å²) in [6.07, 6.45) is 2.03. The standard InChI is InChI=1S/C28H24FN3O5/c1-17(33)31-32-27(34)23-14-24(28(35)36-2)26(37-16-19-6-4-3-5-7-19)25-22(23)13-20(15-30-25)12-18-8-10-21(29)11-9-18/h3-11,13-15H,12,16H2,1-2H3,(H,31,33)(H,32,34). The van der Waals surface area contributed by atoms with E-state index in [1.54, 1.807) is 24.4 Å². The maximum Gasteiger partial charge on any atom is 0.341 e. The highest BCUT2D eigenvalue weighted by Crippen LogP contribution is 2.34. The molecule has 188 valence electrons. The molecular weight excluding hydrogens is 477 g/mol. The summed E-state index contributed by atoms with van der Waals surface area (Å²) in [6, 6.07) is 18.6. The van der Waals surface area contributed by atoms with Crippen LogP contribution in [0.1, 0.15) is 44.3 Å². The Morgan fingerprint density at radius 1 is 0.892 bits per heavy atom. The predicted molar refractivity (Wildman–Crippen MR) is 134 cm³/mol. The number of aromatic nitrogens is 1. The monoisotopic (exact) mass is 501 g/mol. The molecule has 1 aromatic heterocycles. The lowest BCUT2D eigenvalue weighted by atomic mass is 9.98. The number of hydrazine groups is 1. The second-order valence-electron chi connectivity index (χ2n) is 8.24. The molecule has 0 aliphatic carbocycles. The number of hydrogen-bond acceptors (Lipinski definition) is 6. The Morgan fingerprint density at radius 3 is 2.30 bits per heavy atom. The molecule has 4 rings (SSSR count). The number of methoxy groups -OCH3 is 1. The number of fused-ring (bicyclic) bond motifs is 1. The first-order chi connectivity index (χ1) is 17.9. The highest BCUT2D eigenvalue weighted by molar-refractivity contribution is 6.12. The van der Waals surface area contributed by atoms with Gasteiger partial charge in [-0.25, -0.2) is 9.18 Å². The maximum absolute atomic E-state index is 13.3. The molecule has 2 amide bonds. The molecule has 0 saturated heterocycles. The Kier molecular flexibility index (Phi) is 7.73. The van der Waals surface area contributed by atoms with E-state index in [9.17, 15) is 18.8 Å². The summed E-state index contributed by atoms with van der Waals surface area (Å²) < 4.78 is 24.3. The van der Waals surface area contributed by atoms with Crippen molar-refractivity contribution in [2.45, 2.75) is 20.0 Å². The van der Waals surface area contributed by atoms with Crippen LogP contribution < -0.4 is 15.6 Å². The molecule has 0 spiro atoms. The summed E-state index contributed by atoms with van der Waals surface area (Å²) in [7, 11) is 1.23. The fourth-order valence-electron chi connectivity index (χ4n) is 3.78. The molecule has 0 unspecified atom stereocenters. The van der Waals surface area contributed by atoms with Crippen molar-refractivity contribution in [3.8, 4) is 5.75 Å². The van der Waals surface area contributed by atoms with Crippen LogP contribution in [0.3, 0.4) is 0 Å². The van der Waals surface area contributed by atoms with Crippen LogP contribution in [0, 0.1) is 5.82 Å². The molecule has 0 atom stereocenters. The minimum atomic E-state index is -0.712. The van der Waals surface area contributed by atoms with E-state index in [-0.39, 0.29) is 34.8 Å². The zero-order chi connectivity index (χ0) is 26.4. The van der Waals surface area contributed by atoms with Crippen molar-refractivity contribution in [2.75, 3.05) is 7.11 Å². The summed E-state index contributed by atoms with van der Waals surface area (Å²) in [6.45, 7) is 1.40. The number of pyridine rings is 1. The molecular formula is C28H24FN3O5. The number of ether oxygens (including phenoxy) is 2. The number of carbonyl (C=O) groups excluding carboxylic acids is 3. The van der Waals surface area contributed by atoms with E-state index in [1.165, 1.54) is 32.2 Å². The van der Waals surface area contributed by atoms with E-state index in [0.717, 1.165) is 16.7 Å². The molecule has 37 heavy (non-hydrogen) atoms. The van der Waals surface area contributed by atoms with Gasteiger partial charge in [-0.3, -0.25) is 25.4 Å². The van der Waals surface area contributed by atoms with Gasteiger partial charge in [-0.15, -0.1) is 0 Å². The summed E-state index contributed by atoms with van der Waals surface area (Å²) in [5.74, 6) is -2.01. The molecule has 0 saturated carbocycles. The van der Waals surface area contributed by atoms with Gasteiger partial charge in [0.1, 0.15) is 23.5 Å². The number of nitrogens with one attached hydrogen (secondary N) is 2. The lowest BCUT2D eigenvalue weighted by Crippen LogP contribution is -2.40. The third-order valence-electron chi connectivity index (χ3n) is 5.53. The Labute approximate surface area is 212 Å². The molecule has 8 nitrogen and oxygen atoms in total. The summed E-state index contributed by atoms with van der Waals surface area (Å²) >= 11 is 0. The third-order valence-corrected chi connectivity index (χ3v) is 5.53. The molecule has 1 heterocycles. The largest absolute Gasteiger partial charge is 0.486 e. The number of nitrogens with zero attached hydrogens (tertiary/aromatic N) is 1. The van der Waals surface area contributed by atoms with Crippen molar-refractivity contribution in [1.29, 1.82) is 0 Å². The lowest BCUT2D eigenvalue weighted by Gasteiger charge is -2.17. The normalized spacial score (nSPS) is 10.6. The van der Waals surface area contributed by atoms with Crippen molar-refractivity contribution in [2.24, 2.45) is 0 Å². The Hall–Kier alpha value is -4.79. The second-order valence-corrected chi connectivity index (χ2v) is 8.24. The number of benzene rings is 3. The zero-order valence-electron chi connectivity index (χ0n) is 20.2. The average molecular weight is 502 g/mol. The quantitative estimate of drug-likeness (QED) is 0.292. The molecule has 2 N–H and O–H groups in total. The van der Waals surface area contributed by atoms with Gasteiger partial charge < -0.3 is 9.47 Å². The fraction of sp³-hybridized carbons (Fsp3) is 0.143. The first kappa shape index (κ1) is 25.3. The number of rotatable bonds is 7. The van der Waals surface area contributed by atoms with Gasteiger partial charge in [0.25, 0.3) is 5.91 Å². The van der Waals surface area contributed by atoms with E-state index in [1.807, 2.05) is 30.3 Å². The van der Waals surface area contributed by atoms with Gasteiger partial charge in [0.05, 0.1) is 12.7 Å².